The maximum Gasteiger partial charge on any atom is 0.256 e. The molecule has 1 amide bonds. The molecule has 2 N–H and O–H groups in total. The lowest BCUT2D eigenvalue weighted by Crippen LogP contribution is -2.32. The first-order valence-electron chi connectivity index (χ1n) is 7.39. The van der Waals surface area contributed by atoms with Gasteiger partial charge in [-0.25, -0.2) is 0 Å². The Morgan fingerprint density at radius 1 is 1.14 bits per heavy atom. The minimum Gasteiger partial charge on any atom is -0.493 e. The number of carbonyl (C=O) groups is 1. The molecule has 21 heavy (non-hydrogen) atoms. The highest BCUT2D eigenvalue weighted by atomic mass is 16.5. The van der Waals surface area contributed by atoms with E-state index in [-0.39, 0.29) is 5.91 Å². The molecule has 5 heteroatoms. The van der Waals surface area contributed by atoms with Crippen molar-refractivity contribution in [1.29, 1.82) is 0 Å². The third-order valence-corrected chi connectivity index (χ3v) is 2.95. The van der Waals surface area contributed by atoms with Crippen LogP contribution in [0.1, 0.15) is 44.5 Å². The van der Waals surface area contributed by atoms with Crippen molar-refractivity contribution in [3.05, 3.63) is 17.7 Å². The van der Waals surface area contributed by atoms with Crippen LogP contribution in [0.2, 0.25) is 0 Å². The van der Waals surface area contributed by atoms with Crippen molar-refractivity contribution in [1.82, 2.24) is 4.90 Å². The topological polar surface area (TPSA) is 64.8 Å². The van der Waals surface area contributed by atoms with E-state index in [1.807, 2.05) is 27.7 Å². The minimum absolute atomic E-state index is 0.0807. The number of methoxy groups -OCH3 is 2. The number of ether oxygens (including phenoxy) is 2. The van der Waals surface area contributed by atoms with Gasteiger partial charge in [-0.2, -0.15) is 0 Å². The highest BCUT2D eigenvalue weighted by molar-refractivity contribution is 6.00. The first-order valence-corrected chi connectivity index (χ1v) is 7.39. The molecule has 0 unspecified atom stereocenters. The Balaban J connectivity index is 0.00000191. The number of carbonyl (C=O) groups excluding carboxylic acids is 1. The number of nitrogens with two attached hydrogens (primary N) is 1. The van der Waals surface area contributed by atoms with Crippen molar-refractivity contribution in [2.75, 3.05) is 33.0 Å². The first kappa shape index (κ1) is 19.1. The Labute approximate surface area is 128 Å². The molecule has 1 aromatic rings. The van der Waals surface area contributed by atoms with Crippen molar-refractivity contribution in [2.45, 2.75) is 34.1 Å². The van der Waals surface area contributed by atoms with E-state index in [0.29, 0.717) is 35.8 Å². The quantitative estimate of drug-likeness (QED) is 0.819. The van der Waals surface area contributed by atoms with Crippen LogP contribution in [0.15, 0.2) is 12.1 Å². The summed E-state index contributed by atoms with van der Waals surface area (Å²) < 4.78 is 10.4. The maximum atomic E-state index is 12.4. The lowest BCUT2D eigenvalue weighted by molar-refractivity contribution is 0.0765. The third-order valence-electron chi connectivity index (χ3n) is 2.95. The Bertz CT molecular complexity index is 447. The smallest absolute Gasteiger partial charge is 0.256 e. The molecule has 0 saturated heterocycles. The molecule has 5 nitrogen and oxygen atoms in total. The first-order chi connectivity index (χ1) is 10.1. The molecule has 0 bridgehead atoms. The van der Waals surface area contributed by atoms with Crippen molar-refractivity contribution in [3.63, 3.8) is 0 Å². The molecule has 0 aliphatic heterocycles. The second-order valence-corrected chi connectivity index (χ2v) is 4.18. The molecule has 0 atom stereocenters. The number of rotatable bonds is 6. The summed E-state index contributed by atoms with van der Waals surface area (Å²) in [7, 11) is 3.07. The fraction of sp³-hybridized carbons (Fsp3) is 0.562. The van der Waals surface area contributed by atoms with Gasteiger partial charge in [0.05, 0.1) is 19.8 Å². The average Bonchev–Trinajstić information content (AvgIpc) is 2.53. The van der Waals surface area contributed by atoms with Crippen molar-refractivity contribution < 1.29 is 14.3 Å². The van der Waals surface area contributed by atoms with Crippen LogP contribution in [0.5, 0.6) is 11.5 Å². The largest absolute Gasteiger partial charge is 0.493 e. The summed E-state index contributed by atoms with van der Waals surface area (Å²) in [5.74, 6) is 0.950. The molecule has 0 radical (unpaired) electrons. The second-order valence-electron chi connectivity index (χ2n) is 4.18. The third kappa shape index (κ3) is 4.85. The van der Waals surface area contributed by atoms with Gasteiger partial charge in [0.1, 0.15) is 0 Å². The van der Waals surface area contributed by atoms with Crippen LogP contribution in [-0.4, -0.2) is 38.1 Å². The predicted molar refractivity (Wildman–Crippen MR) is 87.2 cm³/mol. The molecule has 1 rings (SSSR count). The van der Waals surface area contributed by atoms with E-state index in [1.54, 1.807) is 17.0 Å². The van der Waals surface area contributed by atoms with Gasteiger partial charge >= 0.3 is 0 Å². The number of benzene rings is 1. The molecular formula is C16H28N2O3. The van der Waals surface area contributed by atoms with E-state index in [4.69, 9.17) is 15.2 Å². The van der Waals surface area contributed by atoms with Crippen LogP contribution in [0.3, 0.4) is 0 Å². The summed E-state index contributed by atoms with van der Waals surface area (Å²) in [5.41, 5.74) is 6.78. The summed E-state index contributed by atoms with van der Waals surface area (Å²) in [5, 5.41) is 0. The Hall–Kier alpha value is -1.91. The molecule has 0 fully saturated rings. The molecule has 0 aliphatic rings. The number of nitrogens with zero attached hydrogens (tertiary/aromatic N) is 1. The highest BCUT2D eigenvalue weighted by Gasteiger charge is 2.19. The van der Waals surface area contributed by atoms with Crippen LogP contribution in [-0.2, 0) is 0 Å². The van der Waals surface area contributed by atoms with Crippen LogP contribution in [0.4, 0.5) is 5.69 Å². The van der Waals surface area contributed by atoms with Crippen LogP contribution < -0.4 is 15.2 Å². The van der Waals surface area contributed by atoms with Crippen LogP contribution in [0.25, 0.3) is 0 Å². The molecule has 120 valence electrons. The van der Waals surface area contributed by atoms with E-state index < -0.39 is 0 Å². The van der Waals surface area contributed by atoms with Gasteiger partial charge in [-0.05, 0) is 19.4 Å². The number of anilines is 1. The van der Waals surface area contributed by atoms with Gasteiger partial charge in [-0.15, -0.1) is 0 Å². The predicted octanol–water partition coefficient (Wildman–Crippen LogP) is 3.18. The van der Waals surface area contributed by atoms with E-state index in [1.165, 1.54) is 14.2 Å². The SMILES string of the molecule is CC.CCCN(CC)C(=O)c1cc(OC)c(OC)cc1N. The van der Waals surface area contributed by atoms with Crippen molar-refractivity contribution in [2.24, 2.45) is 0 Å². The standard InChI is InChI=1S/C14H22N2O3.C2H6/c1-5-7-16(6-2)14(17)10-8-12(18-3)13(19-4)9-11(10)15;1-2/h8-9H,5-7,15H2,1-4H3;1-2H3. The van der Waals surface area contributed by atoms with Crippen LogP contribution >= 0.6 is 0 Å². The summed E-state index contributed by atoms with van der Waals surface area (Å²) in [4.78, 5) is 14.2. The molecule has 0 aromatic heterocycles. The Kier molecular flexibility index (Phi) is 9.01. The molecule has 0 aliphatic carbocycles. The molecule has 0 heterocycles. The van der Waals surface area contributed by atoms with E-state index in [0.717, 1.165) is 6.42 Å². The summed E-state index contributed by atoms with van der Waals surface area (Å²) in [6, 6.07) is 3.25. The lowest BCUT2D eigenvalue weighted by atomic mass is 10.1. The summed E-state index contributed by atoms with van der Waals surface area (Å²) in [6.45, 7) is 9.35. The van der Waals surface area contributed by atoms with Gasteiger partial charge in [0.15, 0.2) is 11.5 Å². The number of amides is 1. The number of nitrogen functional groups attached to an aromatic ring is 1. The maximum absolute atomic E-state index is 12.4. The van der Waals surface area contributed by atoms with E-state index >= 15 is 0 Å². The fourth-order valence-corrected chi connectivity index (χ4v) is 1.92. The monoisotopic (exact) mass is 296 g/mol. The minimum atomic E-state index is -0.0807. The molecule has 0 saturated carbocycles. The van der Waals surface area contributed by atoms with Crippen molar-refractivity contribution in [3.8, 4) is 11.5 Å². The van der Waals surface area contributed by atoms with E-state index in [2.05, 4.69) is 0 Å². The Morgan fingerprint density at radius 2 is 1.67 bits per heavy atom. The lowest BCUT2D eigenvalue weighted by Gasteiger charge is -2.21. The van der Waals surface area contributed by atoms with Gasteiger partial charge in [0.2, 0.25) is 0 Å². The normalized spacial score (nSPS) is 9.43. The van der Waals surface area contributed by atoms with E-state index in [9.17, 15) is 4.79 Å². The molecule has 0 spiro atoms. The van der Waals surface area contributed by atoms with Gasteiger partial charge in [-0.1, -0.05) is 20.8 Å². The van der Waals surface area contributed by atoms with Crippen LogP contribution in [0, 0.1) is 0 Å². The second kappa shape index (κ2) is 9.91. The zero-order valence-electron chi connectivity index (χ0n) is 14.0. The Morgan fingerprint density at radius 3 is 2.10 bits per heavy atom. The summed E-state index contributed by atoms with van der Waals surface area (Å²) >= 11 is 0. The molecule has 1 aromatic carbocycles. The van der Waals surface area contributed by atoms with Gasteiger partial charge in [0, 0.05) is 24.8 Å². The van der Waals surface area contributed by atoms with Gasteiger partial charge in [-0.3, -0.25) is 4.79 Å². The summed E-state index contributed by atoms with van der Waals surface area (Å²) in [6.07, 6.45) is 0.909. The fourth-order valence-electron chi connectivity index (χ4n) is 1.92. The van der Waals surface area contributed by atoms with Crippen molar-refractivity contribution >= 4 is 11.6 Å². The number of hydrogen-bond acceptors (Lipinski definition) is 4. The van der Waals surface area contributed by atoms with Gasteiger partial charge < -0.3 is 20.1 Å². The zero-order valence-corrected chi connectivity index (χ0v) is 14.0. The molecular weight excluding hydrogens is 268 g/mol. The van der Waals surface area contributed by atoms with Gasteiger partial charge in [0.25, 0.3) is 5.91 Å². The zero-order chi connectivity index (χ0) is 16.4. The number of hydrogen-bond donors (Lipinski definition) is 1. The highest BCUT2D eigenvalue weighted by Crippen LogP contribution is 2.32. The average molecular weight is 296 g/mol.